The first-order chi connectivity index (χ1) is 44.2. The van der Waals surface area contributed by atoms with Gasteiger partial charge in [0.2, 0.25) is 5.91 Å². The van der Waals surface area contributed by atoms with E-state index in [0.717, 1.165) is 103 Å². The molecule has 1 amide bonds. The van der Waals surface area contributed by atoms with E-state index >= 15 is 0 Å². The Bertz CT molecular complexity index is 1760. The zero-order chi connectivity index (χ0) is 66.4. The molecule has 2 aliphatic rings. The molecule has 0 aromatic rings. The number of carboxylic acid groups (broad SMARTS) is 1. The average Bonchev–Trinajstić information content (AvgIpc) is 0.824. The number of hydrogen-bond acceptors (Lipinski definition) is 15. The van der Waals surface area contributed by atoms with E-state index in [-0.39, 0.29) is 32.5 Å². The predicted molar refractivity (Wildman–Crippen MR) is 360 cm³/mol. The van der Waals surface area contributed by atoms with Crippen molar-refractivity contribution in [3.63, 3.8) is 0 Å². The normalized spacial score (nSPS) is 22.9. The number of carboxylic acids is 1. The average molecular weight is 1320 g/mol. The van der Waals surface area contributed by atoms with Gasteiger partial charge in [0.15, 0.2) is 12.6 Å². The number of allylic oxidation sites excluding steroid dienone is 2. The number of carbonyl (C=O) groups is 2. The maximum Gasteiger partial charge on any atom is 0.470 e. The van der Waals surface area contributed by atoms with Gasteiger partial charge >= 0.3 is 13.8 Å². The molecule has 2 fully saturated rings. The topological polar surface area (TPSA) is 257 Å². The van der Waals surface area contributed by atoms with E-state index in [4.69, 9.17) is 47.2 Å². The summed E-state index contributed by atoms with van der Waals surface area (Å²) in [6, 6.07) is -1.23. The smallest absolute Gasteiger partial charge is 0.470 e. The van der Waals surface area contributed by atoms with Crippen LogP contribution < -0.4 is 5.32 Å². The standard InChI is InChI=1S/C71H136NO18P/c1-7-11-15-19-23-27-29-30-34-37-41-45-51-82-60(48-44-40-36-32-26-22-18-14-10-4)50-54-84-67-64(72-58(5)73)70(89-62(55-81-6)66(67)90-91(78,79)80)86-56-61-65(77)68(83-52-46-42-38-33-28-24-20-16-12-8-2)69(71(88-61)87-57-63(75)76)85-53-49-59(74)47-43-39-35-31-25-21-17-13-9-3/h27,29,59-62,64-71,74,77H,7-26,28,30-57H2,1-6H3,(H,72,73)(H,75,76)(H2,78,79,80)/b29-27-/t59?,60-,61-,62-,64-,65-,66-,67-,68+,69-,70-,71+/m1/s1. The van der Waals surface area contributed by atoms with Crippen molar-refractivity contribution in [2.45, 2.75) is 378 Å². The second-order valence-electron chi connectivity index (χ2n) is 26.0. The van der Waals surface area contributed by atoms with Crippen LogP contribution in [-0.2, 0) is 61.3 Å². The number of unbranched alkanes of at least 4 members (excludes halogenated alkanes) is 33. The van der Waals surface area contributed by atoms with Gasteiger partial charge in [0.25, 0.3) is 0 Å². The molecule has 19 nitrogen and oxygen atoms in total. The third-order valence-corrected chi connectivity index (χ3v) is 18.1. The Morgan fingerprint density at radius 2 is 0.945 bits per heavy atom. The minimum Gasteiger partial charge on any atom is -0.480 e. The predicted octanol–water partition coefficient (Wildman–Crippen LogP) is 15.5. The molecular formula is C71H136NO18P. The Balaban J connectivity index is 2.35. The van der Waals surface area contributed by atoms with Crippen LogP contribution in [0.5, 0.6) is 0 Å². The van der Waals surface area contributed by atoms with Crippen LogP contribution in [0.4, 0.5) is 0 Å². The molecule has 2 rings (SSSR count). The van der Waals surface area contributed by atoms with E-state index in [1.54, 1.807) is 0 Å². The molecular weight excluding hydrogens is 1190 g/mol. The first-order valence-corrected chi connectivity index (χ1v) is 38.5. The molecule has 1 unspecified atom stereocenters. The fourth-order valence-electron chi connectivity index (χ4n) is 12.3. The lowest BCUT2D eigenvalue weighted by atomic mass is 9.96. The maximum absolute atomic E-state index is 13.2. The lowest BCUT2D eigenvalue weighted by Crippen LogP contribution is -2.66. The van der Waals surface area contributed by atoms with Gasteiger partial charge in [0.05, 0.1) is 25.4 Å². The van der Waals surface area contributed by atoms with Crippen LogP contribution in [0, 0.1) is 0 Å². The fourth-order valence-corrected chi connectivity index (χ4v) is 12.9. The number of phosphoric ester groups is 1. The molecule has 6 N–H and O–H groups in total. The number of amides is 1. The summed E-state index contributed by atoms with van der Waals surface area (Å²) in [4.78, 5) is 45.9. The first kappa shape index (κ1) is 85.4. The third-order valence-electron chi connectivity index (χ3n) is 17.6. The summed E-state index contributed by atoms with van der Waals surface area (Å²) < 4.78 is 74.9. The first-order valence-electron chi connectivity index (χ1n) is 36.9. The van der Waals surface area contributed by atoms with Gasteiger partial charge < -0.3 is 73.1 Å². The van der Waals surface area contributed by atoms with Crippen molar-refractivity contribution in [3.8, 4) is 0 Å². The Hall–Kier alpha value is -1.65. The molecule has 0 aromatic heterocycles. The van der Waals surface area contributed by atoms with Crippen LogP contribution in [0.1, 0.15) is 304 Å². The number of aliphatic hydroxyl groups is 2. The monoisotopic (exact) mass is 1320 g/mol. The molecule has 0 spiro atoms. The molecule has 538 valence electrons. The molecule has 2 saturated heterocycles. The Kier molecular flexibility index (Phi) is 53.9. The number of aliphatic hydroxyl groups excluding tert-OH is 2. The lowest BCUT2D eigenvalue weighted by molar-refractivity contribution is -0.330. The highest BCUT2D eigenvalue weighted by molar-refractivity contribution is 7.46. The van der Waals surface area contributed by atoms with Gasteiger partial charge in [-0.25, -0.2) is 9.36 Å². The van der Waals surface area contributed by atoms with Crippen LogP contribution in [-0.4, -0.2) is 164 Å². The van der Waals surface area contributed by atoms with E-state index in [1.165, 1.54) is 155 Å². The van der Waals surface area contributed by atoms with Gasteiger partial charge in [0, 0.05) is 40.5 Å². The zero-order valence-electron chi connectivity index (χ0n) is 58.2. The Morgan fingerprint density at radius 1 is 0.495 bits per heavy atom. The number of carbonyl (C=O) groups excluding carboxylic acids is 1. The van der Waals surface area contributed by atoms with Gasteiger partial charge in [-0.1, -0.05) is 245 Å². The van der Waals surface area contributed by atoms with E-state index in [1.807, 2.05) is 0 Å². The Labute approximate surface area is 552 Å². The molecule has 91 heavy (non-hydrogen) atoms. The lowest BCUT2D eigenvalue weighted by Gasteiger charge is -2.47. The van der Waals surface area contributed by atoms with E-state index < -0.39 is 100 Å². The van der Waals surface area contributed by atoms with E-state index in [2.05, 4.69) is 45.2 Å². The zero-order valence-corrected chi connectivity index (χ0v) is 59.1. The second-order valence-corrected chi connectivity index (χ2v) is 27.2. The van der Waals surface area contributed by atoms with Crippen LogP contribution in [0.25, 0.3) is 0 Å². The maximum atomic E-state index is 13.2. The van der Waals surface area contributed by atoms with Crippen molar-refractivity contribution in [3.05, 3.63) is 12.2 Å². The van der Waals surface area contributed by atoms with Crippen LogP contribution in [0.3, 0.4) is 0 Å². The third kappa shape index (κ3) is 44.0. The van der Waals surface area contributed by atoms with Gasteiger partial charge in [-0.2, -0.15) is 0 Å². The number of methoxy groups -OCH3 is 1. The van der Waals surface area contributed by atoms with E-state index in [0.29, 0.717) is 32.3 Å². The number of aliphatic carboxylic acids is 1. The molecule has 0 bridgehead atoms. The molecule has 0 aromatic carbocycles. The van der Waals surface area contributed by atoms with Crippen molar-refractivity contribution in [1.82, 2.24) is 5.32 Å². The van der Waals surface area contributed by atoms with Crippen molar-refractivity contribution in [1.29, 1.82) is 0 Å². The highest BCUT2D eigenvalue weighted by atomic mass is 31.2. The highest BCUT2D eigenvalue weighted by Crippen LogP contribution is 2.43. The number of phosphoric acid groups is 1. The molecule has 0 saturated carbocycles. The van der Waals surface area contributed by atoms with Gasteiger partial charge in [0.1, 0.15) is 55.4 Å². The molecule has 2 heterocycles. The SMILES string of the molecule is CCCCCC/C=C\CCCCCCO[C@H](CCCCCCCCCCC)CCO[C@@H]1[C@@H](NC(C)=O)[C@H](OC[C@H]2O[C@H](OCC(=O)O)[C@H](OCCC(O)CCCCCCCCCCC)[C@@H](OCCCCCCCCCCCC)[C@@H]2O)O[C@H](COC)[C@H]1OP(=O)(O)O. The summed E-state index contributed by atoms with van der Waals surface area (Å²) >= 11 is 0. The van der Waals surface area contributed by atoms with Gasteiger partial charge in [-0.05, 0) is 64.2 Å². The van der Waals surface area contributed by atoms with Crippen molar-refractivity contribution >= 4 is 19.7 Å². The van der Waals surface area contributed by atoms with Gasteiger partial charge in [-0.3, -0.25) is 9.32 Å². The molecule has 0 aliphatic carbocycles. The molecule has 20 heteroatoms. The minimum absolute atomic E-state index is 0.0593. The van der Waals surface area contributed by atoms with Crippen molar-refractivity contribution in [2.75, 3.05) is 53.4 Å². The minimum atomic E-state index is -5.21. The molecule has 0 radical (unpaired) electrons. The van der Waals surface area contributed by atoms with Crippen LogP contribution in [0.15, 0.2) is 12.2 Å². The van der Waals surface area contributed by atoms with Crippen LogP contribution in [0.2, 0.25) is 0 Å². The van der Waals surface area contributed by atoms with Crippen LogP contribution >= 0.6 is 7.82 Å². The van der Waals surface area contributed by atoms with Crippen molar-refractivity contribution in [2.24, 2.45) is 0 Å². The van der Waals surface area contributed by atoms with Crippen molar-refractivity contribution < 1.29 is 86.4 Å². The summed E-state index contributed by atoms with van der Waals surface area (Å²) in [6.07, 6.45) is 38.4. The Morgan fingerprint density at radius 3 is 1.46 bits per heavy atom. The van der Waals surface area contributed by atoms with E-state index in [9.17, 15) is 39.3 Å². The summed E-state index contributed by atoms with van der Waals surface area (Å²) in [5.74, 6) is -1.77. The molecule has 12 atom stereocenters. The summed E-state index contributed by atoms with van der Waals surface area (Å²) in [5, 5.41) is 36.0. The summed E-state index contributed by atoms with van der Waals surface area (Å²) in [5.41, 5.74) is 0. The number of nitrogens with one attached hydrogen (secondary N) is 1. The summed E-state index contributed by atoms with van der Waals surface area (Å²) in [6.45, 7) is 9.79. The second kappa shape index (κ2) is 57.4. The number of rotatable bonds is 64. The quantitative estimate of drug-likeness (QED) is 0.0188. The van der Waals surface area contributed by atoms with Gasteiger partial charge in [-0.15, -0.1) is 0 Å². The molecule has 2 aliphatic heterocycles. The summed E-state index contributed by atoms with van der Waals surface area (Å²) in [7, 11) is -3.81. The number of hydrogen-bond donors (Lipinski definition) is 6. The fraction of sp³-hybridized carbons (Fsp3) is 0.944. The largest absolute Gasteiger partial charge is 0.480 e. The highest BCUT2D eigenvalue weighted by Gasteiger charge is 2.53. The number of ether oxygens (including phenoxy) is 9.